The summed E-state index contributed by atoms with van der Waals surface area (Å²) in [6.07, 6.45) is 0. The van der Waals surface area contributed by atoms with E-state index >= 15 is 0 Å². The molecule has 1 heterocycles. The molecule has 106 valence electrons. The van der Waals surface area contributed by atoms with E-state index in [1.807, 2.05) is 30.3 Å². The summed E-state index contributed by atoms with van der Waals surface area (Å²) in [5.74, 6) is -1.09. The standard InChI is InChI=1S/C16H12O4S/c1-19-15(17)10-7-8-12-13(14(10)16(18)20-2)9-5-3-4-6-11(9)21-12/h3-8H,1-2H3. The Kier molecular flexibility index (Phi) is 3.35. The second-order valence-corrected chi connectivity index (χ2v) is 5.53. The number of carbonyl (C=O) groups excluding carboxylic acids is 2. The van der Waals surface area contributed by atoms with Crippen molar-refractivity contribution in [2.75, 3.05) is 14.2 Å². The van der Waals surface area contributed by atoms with E-state index in [9.17, 15) is 9.59 Å². The van der Waals surface area contributed by atoms with Gasteiger partial charge in [-0.15, -0.1) is 11.3 Å². The summed E-state index contributed by atoms with van der Waals surface area (Å²) in [6.45, 7) is 0. The lowest BCUT2D eigenvalue weighted by molar-refractivity contribution is 0.0557. The SMILES string of the molecule is COC(=O)c1ccc2sc3ccccc3c2c1C(=O)OC. The normalized spacial score (nSPS) is 10.8. The molecule has 5 heteroatoms. The Morgan fingerprint density at radius 1 is 0.905 bits per heavy atom. The van der Waals surface area contributed by atoms with Crippen LogP contribution in [0.5, 0.6) is 0 Å². The van der Waals surface area contributed by atoms with Gasteiger partial charge in [-0.05, 0) is 18.2 Å². The molecule has 1 aromatic heterocycles. The zero-order valence-corrected chi connectivity index (χ0v) is 12.3. The molecule has 0 N–H and O–H groups in total. The van der Waals surface area contributed by atoms with Gasteiger partial charge >= 0.3 is 11.9 Å². The van der Waals surface area contributed by atoms with Gasteiger partial charge in [-0.1, -0.05) is 18.2 Å². The third-order valence-corrected chi connectivity index (χ3v) is 4.47. The van der Waals surface area contributed by atoms with E-state index in [1.165, 1.54) is 14.2 Å². The van der Waals surface area contributed by atoms with Crippen molar-refractivity contribution in [2.24, 2.45) is 0 Å². The van der Waals surface area contributed by atoms with E-state index in [0.717, 1.165) is 20.2 Å². The Labute approximate surface area is 124 Å². The Morgan fingerprint density at radius 3 is 2.33 bits per heavy atom. The predicted molar refractivity (Wildman–Crippen MR) is 82.0 cm³/mol. The number of thiophene rings is 1. The zero-order valence-electron chi connectivity index (χ0n) is 11.5. The fourth-order valence-corrected chi connectivity index (χ4v) is 3.52. The van der Waals surface area contributed by atoms with E-state index in [0.29, 0.717) is 0 Å². The lowest BCUT2D eigenvalue weighted by Crippen LogP contribution is -2.12. The number of hydrogen-bond acceptors (Lipinski definition) is 5. The van der Waals surface area contributed by atoms with Gasteiger partial charge in [-0.3, -0.25) is 0 Å². The highest BCUT2D eigenvalue weighted by atomic mass is 32.1. The van der Waals surface area contributed by atoms with Crippen LogP contribution in [0.4, 0.5) is 0 Å². The molecule has 0 aliphatic carbocycles. The first-order chi connectivity index (χ1) is 10.2. The van der Waals surface area contributed by atoms with Crippen molar-refractivity contribution in [1.82, 2.24) is 0 Å². The highest BCUT2D eigenvalue weighted by molar-refractivity contribution is 7.25. The van der Waals surface area contributed by atoms with Gasteiger partial charge in [0.1, 0.15) is 0 Å². The molecule has 2 aromatic carbocycles. The third kappa shape index (κ3) is 2.06. The minimum Gasteiger partial charge on any atom is -0.465 e. The summed E-state index contributed by atoms with van der Waals surface area (Å²) in [5, 5.41) is 1.68. The van der Waals surface area contributed by atoms with Gasteiger partial charge in [-0.2, -0.15) is 0 Å². The second kappa shape index (κ2) is 5.18. The Morgan fingerprint density at radius 2 is 1.62 bits per heavy atom. The van der Waals surface area contributed by atoms with Crippen molar-refractivity contribution in [1.29, 1.82) is 0 Å². The number of ether oxygens (including phenoxy) is 2. The van der Waals surface area contributed by atoms with Gasteiger partial charge in [0.05, 0.1) is 25.3 Å². The van der Waals surface area contributed by atoms with Crippen LogP contribution in [0.15, 0.2) is 36.4 Å². The van der Waals surface area contributed by atoms with Crippen LogP contribution < -0.4 is 0 Å². The van der Waals surface area contributed by atoms with Crippen molar-refractivity contribution in [2.45, 2.75) is 0 Å². The molecule has 0 saturated heterocycles. The van der Waals surface area contributed by atoms with Crippen LogP contribution in [0, 0.1) is 0 Å². The summed E-state index contributed by atoms with van der Waals surface area (Å²) < 4.78 is 11.6. The molecule has 0 aliphatic rings. The fraction of sp³-hybridized carbons (Fsp3) is 0.125. The van der Waals surface area contributed by atoms with Gasteiger partial charge < -0.3 is 9.47 Å². The molecular weight excluding hydrogens is 288 g/mol. The van der Waals surface area contributed by atoms with Crippen LogP contribution in [0.3, 0.4) is 0 Å². The van der Waals surface area contributed by atoms with Gasteiger partial charge in [0.2, 0.25) is 0 Å². The number of hydrogen-bond donors (Lipinski definition) is 0. The largest absolute Gasteiger partial charge is 0.465 e. The van der Waals surface area contributed by atoms with E-state index < -0.39 is 11.9 Å². The first-order valence-corrected chi connectivity index (χ1v) is 7.10. The quantitative estimate of drug-likeness (QED) is 0.678. The Hall–Kier alpha value is -2.40. The van der Waals surface area contributed by atoms with Gasteiger partial charge in [0.15, 0.2) is 0 Å². The molecule has 0 aliphatic heterocycles. The maximum absolute atomic E-state index is 12.2. The molecule has 21 heavy (non-hydrogen) atoms. The summed E-state index contributed by atoms with van der Waals surface area (Å²) >= 11 is 1.57. The maximum atomic E-state index is 12.2. The number of carbonyl (C=O) groups is 2. The van der Waals surface area contributed by atoms with Gasteiger partial charge in [0.25, 0.3) is 0 Å². The van der Waals surface area contributed by atoms with Crippen molar-refractivity contribution in [3.8, 4) is 0 Å². The zero-order chi connectivity index (χ0) is 15.0. The van der Waals surface area contributed by atoms with Crippen LogP contribution in [-0.2, 0) is 9.47 Å². The monoisotopic (exact) mass is 300 g/mol. The molecule has 0 spiro atoms. The van der Waals surface area contributed by atoms with Crippen LogP contribution in [0.2, 0.25) is 0 Å². The third-order valence-electron chi connectivity index (χ3n) is 3.34. The minimum atomic E-state index is -0.549. The molecule has 0 fully saturated rings. The molecule has 0 bridgehead atoms. The van der Waals surface area contributed by atoms with Gasteiger partial charge in [0, 0.05) is 20.2 Å². The van der Waals surface area contributed by atoms with E-state index in [4.69, 9.17) is 9.47 Å². The maximum Gasteiger partial charge on any atom is 0.339 e. The number of esters is 2. The second-order valence-electron chi connectivity index (χ2n) is 4.44. The van der Waals surface area contributed by atoms with E-state index in [2.05, 4.69) is 0 Å². The number of benzene rings is 2. The molecule has 3 rings (SSSR count). The molecule has 0 saturated carbocycles. The van der Waals surface area contributed by atoms with Crippen molar-refractivity contribution < 1.29 is 19.1 Å². The topological polar surface area (TPSA) is 52.6 Å². The number of methoxy groups -OCH3 is 2. The van der Waals surface area contributed by atoms with Crippen LogP contribution in [-0.4, -0.2) is 26.2 Å². The lowest BCUT2D eigenvalue weighted by atomic mass is 10.0. The van der Waals surface area contributed by atoms with E-state index in [-0.39, 0.29) is 11.1 Å². The first-order valence-electron chi connectivity index (χ1n) is 6.28. The first kappa shape index (κ1) is 13.6. The fourth-order valence-electron chi connectivity index (χ4n) is 2.41. The van der Waals surface area contributed by atoms with Crippen LogP contribution in [0.1, 0.15) is 20.7 Å². The molecule has 0 amide bonds. The molecule has 0 radical (unpaired) electrons. The lowest BCUT2D eigenvalue weighted by Gasteiger charge is -2.08. The molecule has 3 aromatic rings. The van der Waals surface area contributed by atoms with Crippen LogP contribution in [0.25, 0.3) is 20.2 Å². The number of fused-ring (bicyclic) bond motifs is 3. The minimum absolute atomic E-state index is 0.223. The highest BCUT2D eigenvalue weighted by Gasteiger charge is 2.23. The Bertz CT molecular complexity index is 863. The van der Waals surface area contributed by atoms with Gasteiger partial charge in [-0.25, -0.2) is 9.59 Å². The predicted octanol–water partition coefficient (Wildman–Crippen LogP) is 3.63. The summed E-state index contributed by atoms with van der Waals surface area (Å²) in [7, 11) is 2.59. The van der Waals surface area contributed by atoms with Crippen molar-refractivity contribution in [3.63, 3.8) is 0 Å². The summed E-state index contributed by atoms with van der Waals surface area (Å²) in [6, 6.07) is 11.2. The molecule has 0 atom stereocenters. The average molecular weight is 300 g/mol. The van der Waals surface area contributed by atoms with Crippen molar-refractivity contribution in [3.05, 3.63) is 47.5 Å². The summed E-state index contributed by atoms with van der Waals surface area (Å²) in [5.41, 5.74) is 0.486. The van der Waals surface area contributed by atoms with Crippen molar-refractivity contribution >= 4 is 43.4 Å². The highest BCUT2D eigenvalue weighted by Crippen LogP contribution is 2.37. The molecule has 4 nitrogen and oxygen atoms in total. The summed E-state index contributed by atoms with van der Waals surface area (Å²) in [4.78, 5) is 24.1. The Balaban J connectivity index is 2.47. The molecular formula is C16H12O4S. The number of rotatable bonds is 2. The van der Waals surface area contributed by atoms with E-state index in [1.54, 1.807) is 17.4 Å². The van der Waals surface area contributed by atoms with Crippen LogP contribution >= 0.6 is 11.3 Å². The smallest absolute Gasteiger partial charge is 0.339 e. The average Bonchev–Trinajstić information content (AvgIpc) is 2.91. The molecule has 0 unspecified atom stereocenters.